The number of nitrogens with zero attached hydrogens (tertiary/aromatic N) is 2. The van der Waals surface area contributed by atoms with Gasteiger partial charge >= 0.3 is 6.09 Å². The van der Waals surface area contributed by atoms with Gasteiger partial charge in [-0.3, -0.25) is 4.90 Å². The number of carbonyl (C=O) groups is 1. The Morgan fingerprint density at radius 3 is 2.19 bits per heavy atom. The summed E-state index contributed by atoms with van der Waals surface area (Å²) < 4.78 is 5.31. The fourth-order valence-corrected chi connectivity index (χ4v) is 1.90. The van der Waals surface area contributed by atoms with Gasteiger partial charge in [0.2, 0.25) is 0 Å². The average Bonchev–Trinajstić information content (AvgIpc) is 2.06. The van der Waals surface area contributed by atoms with Crippen LogP contribution in [0.15, 0.2) is 0 Å². The molecule has 0 spiro atoms. The van der Waals surface area contributed by atoms with Crippen LogP contribution < -0.4 is 0 Å². The van der Waals surface area contributed by atoms with E-state index in [1.54, 1.807) is 4.90 Å². The minimum absolute atomic E-state index is 0.184. The van der Waals surface area contributed by atoms with Crippen LogP contribution in [0.3, 0.4) is 0 Å². The predicted molar refractivity (Wildman–Crippen MR) is 64.5 cm³/mol. The Kier molecular flexibility index (Phi) is 4.19. The molecule has 1 aliphatic rings. The predicted octanol–water partition coefficient (Wildman–Crippen LogP) is 1.95. The van der Waals surface area contributed by atoms with Gasteiger partial charge in [0, 0.05) is 19.1 Å². The zero-order valence-electron chi connectivity index (χ0n) is 11.1. The van der Waals surface area contributed by atoms with E-state index in [-0.39, 0.29) is 6.09 Å². The van der Waals surface area contributed by atoms with Crippen LogP contribution in [0.4, 0.5) is 4.79 Å². The monoisotopic (exact) mass is 228 g/mol. The summed E-state index contributed by atoms with van der Waals surface area (Å²) in [6.07, 6.45) is -0.184. The largest absolute Gasteiger partial charge is 0.444 e. The van der Waals surface area contributed by atoms with Gasteiger partial charge in [-0.2, -0.15) is 0 Å². The van der Waals surface area contributed by atoms with E-state index in [0.29, 0.717) is 6.04 Å². The third kappa shape index (κ3) is 3.37. The molecule has 0 bridgehead atoms. The molecule has 16 heavy (non-hydrogen) atoms. The van der Waals surface area contributed by atoms with Crippen molar-refractivity contribution in [1.29, 1.82) is 0 Å². The van der Waals surface area contributed by atoms with Crippen LogP contribution in [0, 0.1) is 0 Å². The quantitative estimate of drug-likeness (QED) is 0.740. The van der Waals surface area contributed by atoms with Crippen LogP contribution in [0.1, 0.15) is 34.6 Å². The topological polar surface area (TPSA) is 32.8 Å². The number of ether oxygens (including phenoxy) is 1. The molecule has 1 amide bonds. The van der Waals surface area contributed by atoms with Crippen LogP contribution in [-0.4, -0.2) is 53.7 Å². The van der Waals surface area contributed by atoms with Crippen molar-refractivity contribution < 1.29 is 9.53 Å². The molecule has 4 heteroatoms. The van der Waals surface area contributed by atoms with Crippen LogP contribution in [0.25, 0.3) is 0 Å². The Morgan fingerprint density at radius 2 is 1.81 bits per heavy atom. The molecular weight excluding hydrogens is 204 g/mol. The fraction of sp³-hybridized carbons (Fsp3) is 0.917. The SMILES string of the molecule is CCN(CC)C1CN(C(=O)OC(C)(C)C)C1. The summed E-state index contributed by atoms with van der Waals surface area (Å²) in [4.78, 5) is 15.8. The van der Waals surface area contributed by atoms with E-state index in [4.69, 9.17) is 4.74 Å². The molecule has 0 atom stereocenters. The number of likely N-dealkylation sites (N-methyl/N-ethyl adjacent to an activating group) is 1. The third-order valence-corrected chi connectivity index (χ3v) is 2.84. The molecule has 1 heterocycles. The molecular formula is C12H24N2O2. The standard InChI is InChI=1S/C12H24N2O2/c1-6-13(7-2)10-8-14(9-10)11(15)16-12(3,4)5/h10H,6-9H2,1-5H3. The minimum Gasteiger partial charge on any atom is -0.444 e. The first-order valence-corrected chi connectivity index (χ1v) is 6.09. The molecule has 1 aliphatic heterocycles. The van der Waals surface area contributed by atoms with Crippen molar-refractivity contribution >= 4 is 6.09 Å². The summed E-state index contributed by atoms with van der Waals surface area (Å²) in [6, 6.07) is 0.516. The molecule has 0 aliphatic carbocycles. The van der Waals surface area contributed by atoms with Gasteiger partial charge in [-0.05, 0) is 33.9 Å². The average molecular weight is 228 g/mol. The molecule has 0 unspecified atom stereocenters. The highest BCUT2D eigenvalue weighted by Crippen LogP contribution is 2.18. The second-order valence-corrected chi connectivity index (χ2v) is 5.26. The van der Waals surface area contributed by atoms with Crippen molar-refractivity contribution in [2.45, 2.75) is 46.3 Å². The fourth-order valence-electron chi connectivity index (χ4n) is 1.90. The Bertz CT molecular complexity index is 238. The van der Waals surface area contributed by atoms with Gasteiger partial charge in [0.25, 0.3) is 0 Å². The molecule has 94 valence electrons. The van der Waals surface area contributed by atoms with Crippen LogP contribution in [0.2, 0.25) is 0 Å². The van der Waals surface area contributed by atoms with Crippen molar-refractivity contribution in [3.63, 3.8) is 0 Å². The van der Waals surface area contributed by atoms with Gasteiger partial charge in [0.15, 0.2) is 0 Å². The summed E-state index contributed by atoms with van der Waals surface area (Å²) in [5, 5.41) is 0. The maximum atomic E-state index is 11.7. The molecule has 0 radical (unpaired) electrons. The van der Waals surface area contributed by atoms with Gasteiger partial charge in [-0.15, -0.1) is 0 Å². The molecule has 0 aromatic heterocycles. The number of hydrogen-bond acceptors (Lipinski definition) is 3. The van der Waals surface area contributed by atoms with E-state index in [1.165, 1.54) is 0 Å². The molecule has 4 nitrogen and oxygen atoms in total. The normalized spacial score (nSPS) is 17.5. The Morgan fingerprint density at radius 1 is 1.31 bits per heavy atom. The summed E-state index contributed by atoms with van der Waals surface area (Å²) >= 11 is 0. The van der Waals surface area contributed by atoms with E-state index >= 15 is 0 Å². The molecule has 0 aromatic rings. The highest BCUT2D eigenvalue weighted by atomic mass is 16.6. The molecule has 0 saturated carbocycles. The number of hydrogen-bond donors (Lipinski definition) is 0. The van der Waals surface area contributed by atoms with Gasteiger partial charge in [-0.25, -0.2) is 4.79 Å². The van der Waals surface area contributed by atoms with Crippen molar-refractivity contribution in [3.8, 4) is 0 Å². The molecule has 1 fully saturated rings. The van der Waals surface area contributed by atoms with E-state index in [1.807, 2.05) is 20.8 Å². The Labute approximate surface area is 98.5 Å². The first kappa shape index (κ1) is 13.3. The van der Waals surface area contributed by atoms with Crippen LogP contribution >= 0.6 is 0 Å². The van der Waals surface area contributed by atoms with Crippen molar-refractivity contribution in [2.24, 2.45) is 0 Å². The lowest BCUT2D eigenvalue weighted by atomic mass is 10.1. The maximum absolute atomic E-state index is 11.7. The van der Waals surface area contributed by atoms with Crippen LogP contribution in [-0.2, 0) is 4.74 Å². The third-order valence-electron chi connectivity index (χ3n) is 2.84. The zero-order chi connectivity index (χ0) is 12.3. The Balaban J connectivity index is 2.33. The van der Waals surface area contributed by atoms with Crippen LogP contribution in [0.5, 0.6) is 0 Å². The van der Waals surface area contributed by atoms with E-state index < -0.39 is 5.60 Å². The molecule has 0 N–H and O–H groups in total. The molecule has 1 saturated heterocycles. The van der Waals surface area contributed by atoms with E-state index in [2.05, 4.69) is 18.7 Å². The van der Waals surface area contributed by atoms with Gasteiger partial charge in [0.05, 0.1) is 0 Å². The van der Waals surface area contributed by atoms with E-state index in [9.17, 15) is 4.79 Å². The van der Waals surface area contributed by atoms with E-state index in [0.717, 1.165) is 26.2 Å². The Hall–Kier alpha value is -0.770. The van der Waals surface area contributed by atoms with Gasteiger partial charge in [-0.1, -0.05) is 13.8 Å². The summed E-state index contributed by atoms with van der Waals surface area (Å²) in [5.74, 6) is 0. The van der Waals surface area contributed by atoms with Gasteiger partial charge < -0.3 is 9.64 Å². The molecule has 0 aromatic carbocycles. The lowest BCUT2D eigenvalue weighted by Gasteiger charge is -2.44. The zero-order valence-corrected chi connectivity index (χ0v) is 11.1. The highest BCUT2D eigenvalue weighted by Gasteiger charge is 2.35. The second kappa shape index (κ2) is 5.04. The summed E-state index contributed by atoms with van der Waals surface area (Å²) in [7, 11) is 0. The number of amides is 1. The number of likely N-dealkylation sites (tertiary alicyclic amines) is 1. The molecule has 1 rings (SSSR count). The second-order valence-electron chi connectivity index (χ2n) is 5.26. The highest BCUT2D eigenvalue weighted by molar-refractivity contribution is 5.69. The number of rotatable bonds is 3. The summed E-state index contributed by atoms with van der Waals surface area (Å²) in [6.45, 7) is 13.7. The first-order chi connectivity index (χ1) is 7.37. The van der Waals surface area contributed by atoms with Gasteiger partial charge in [0.1, 0.15) is 5.60 Å². The number of carbonyl (C=O) groups excluding carboxylic acids is 1. The minimum atomic E-state index is -0.391. The lowest BCUT2D eigenvalue weighted by molar-refractivity contribution is -0.0135. The first-order valence-electron chi connectivity index (χ1n) is 6.09. The maximum Gasteiger partial charge on any atom is 0.410 e. The van der Waals surface area contributed by atoms with Crippen molar-refractivity contribution in [3.05, 3.63) is 0 Å². The lowest BCUT2D eigenvalue weighted by Crippen LogP contribution is -2.61. The van der Waals surface area contributed by atoms with Crippen molar-refractivity contribution in [2.75, 3.05) is 26.2 Å². The summed E-state index contributed by atoms with van der Waals surface area (Å²) in [5.41, 5.74) is -0.391. The van der Waals surface area contributed by atoms with Crippen molar-refractivity contribution in [1.82, 2.24) is 9.80 Å². The smallest absolute Gasteiger partial charge is 0.410 e.